The van der Waals surface area contributed by atoms with Gasteiger partial charge in [0.2, 0.25) is 0 Å². The van der Waals surface area contributed by atoms with Gasteiger partial charge in [-0.25, -0.2) is 0 Å². The van der Waals surface area contributed by atoms with Crippen LogP contribution in [0.2, 0.25) is 0 Å². The molecule has 2 aromatic rings. The molecule has 0 unspecified atom stereocenters. The summed E-state index contributed by atoms with van der Waals surface area (Å²) >= 11 is 0. The molecule has 0 heterocycles. The summed E-state index contributed by atoms with van der Waals surface area (Å²) in [6.45, 7) is 1.94. The number of esters is 2. The molecule has 0 saturated carbocycles. The minimum Gasteiger partial charge on any atom is -0.460 e. The fraction of sp³-hybridized carbons (Fsp3) is 0.500. The van der Waals surface area contributed by atoms with Crippen molar-refractivity contribution >= 4 is 23.3 Å². The molecule has 10 heteroatoms. The number of nitro benzene ring substituents is 2. The first-order chi connectivity index (χ1) is 18.3. The summed E-state index contributed by atoms with van der Waals surface area (Å²) in [5.41, 5.74) is 0.978. The van der Waals surface area contributed by atoms with Gasteiger partial charge in [-0.15, -0.1) is 0 Å². The second-order valence-electron chi connectivity index (χ2n) is 9.23. The number of hydrogen-bond acceptors (Lipinski definition) is 8. The van der Waals surface area contributed by atoms with Crippen molar-refractivity contribution in [1.29, 1.82) is 0 Å². The van der Waals surface area contributed by atoms with Crippen LogP contribution in [0.25, 0.3) is 0 Å². The molecular formula is C28H36N2O8. The molecule has 0 atom stereocenters. The Kier molecular flexibility index (Phi) is 13.5. The van der Waals surface area contributed by atoms with Gasteiger partial charge in [0.1, 0.15) is 13.2 Å². The van der Waals surface area contributed by atoms with Gasteiger partial charge in [-0.3, -0.25) is 29.8 Å². The zero-order chi connectivity index (χ0) is 27.8. The highest BCUT2D eigenvalue weighted by molar-refractivity contribution is 5.94. The Morgan fingerprint density at radius 1 is 0.658 bits per heavy atom. The average molecular weight is 529 g/mol. The van der Waals surface area contributed by atoms with Crippen LogP contribution >= 0.6 is 0 Å². The number of nitro groups is 2. The normalized spacial score (nSPS) is 10.8. The van der Waals surface area contributed by atoms with Crippen molar-refractivity contribution < 1.29 is 28.9 Å². The highest BCUT2D eigenvalue weighted by Gasteiger charge is 2.29. The standard InChI is InChI=1S/C28H36N2O8/c1-2-3-4-5-6-7-8-9-10-11-26(27(31)37-20-22-12-16-24(17-13-22)29(33)34)28(32)38-21-23-14-18-25(19-15-23)30(35)36/h12-19,26H,2-11,20-21H2,1H3. The van der Waals surface area contributed by atoms with Crippen molar-refractivity contribution in [3.63, 3.8) is 0 Å². The largest absolute Gasteiger partial charge is 0.460 e. The lowest BCUT2D eigenvalue weighted by atomic mass is 10.00. The van der Waals surface area contributed by atoms with Gasteiger partial charge in [0.25, 0.3) is 11.4 Å². The fourth-order valence-electron chi connectivity index (χ4n) is 3.93. The predicted octanol–water partition coefficient (Wildman–Crippen LogP) is 6.83. The molecule has 0 spiro atoms. The average Bonchev–Trinajstić information content (AvgIpc) is 2.92. The third-order valence-corrected chi connectivity index (χ3v) is 6.22. The summed E-state index contributed by atoms with van der Waals surface area (Å²) in [6, 6.07) is 11.3. The maximum absolute atomic E-state index is 12.8. The minimum absolute atomic E-state index is 0.0712. The highest BCUT2D eigenvalue weighted by Crippen LogP contribution is 2.20. The van der Waals surface area contributed by atoms with Crippen molar-refractivity contribution in [2.24, 2.45) is 5.92 Å². The maximum atomic E-state index is 12.8. The third kappa shape index (κ3) is 11.1. The molecule has 10 nitrogen and oxygen atoms in total. The summed E-state index contributed by atoms with van der Waals surface area (Å²) < 4.78 is 10.7. The van der Waals surface area contributed by atoms with Crippen LogP contribution < -0.4 is 0 Å². The summed E-state index contributed by atoms with van der Waals surface area (Å²) in [5.74, 6) is -2.52. The van der Waals surface area contributed by atoms with E-state index in [0.29, 0.717) is 17.5 Å². The Hall–Kier alpha value is -3.82. The van der Waals surface area contributed by atoms with Gasteiger partial charge in [-0.2, -0.15) is 0 Å². The molecule has 0 aliphatic rings. The number of carbonyl (C=O) groups is 2. The Morgan fingerprint density at radius 3 is 1.39 bits per heavy atom. The molecule has 0 fully saturated rings. The van der Waals surface area contributed by atoms with Gasteiger partial charge >= 0.3 is 11.9 Å². The van der Waals surface area contributed by atoms with E-state index in [0.717, 1.165) is 19.3 Å². The summed E-state index contributed by atoms with van der Waals surface area (Å²) in [4.78, 5) is 46.3. The molecule has 0 saturated heterocycles. The quantitative estimate of drug-likeness (QED) is 0.0674. The lowest BCUT2D eigenvalue weighted by Crippen LogP contribution is -2.28. The molecular weight excluding hydrogens is 492 g/mol. The molecule has 38 heavy (non-hydrogen) atoms. The number of rotatable bonds is 18. The Bertz CT molecular complexity index is 964. The number of carbonyl (C=O) groups excluding carboxylic acids is 2. The number of nitrogens with zero attached hydrogens (tertiary/aromatic N) is 2. The van der Waals surface area contributed by atoms with Crippen LogP contribution in [-0.4, -0.2) is 21.8 Å². The predicted molar refractivity (Wildman–Crippen MR) is 141 cm³/mol. The van der Waals surface area contributed by atoms with E-state index < -0.39 is 27.7 Å². The molecule has 0 bridgehead atoms. The minimum atomic E-state index is -1.10. The van der Waals surface area contributed by atoms with Crippen LogP contribution in [0.3, 0.4) is 0 Å². The number of ether oxygens (including phenoxy) is 2. The van der Waals surface area contributed by atoms with Crippen molar-refractivity contribution in [3.8, 4) is 0 Å². The Labute approximate surface area is 222 Å². The van der Waals surface area contributed by atoms with Crippen LogP contribution in [0, 0.1) is 26.1 Å². The summed E-state index contributed by atoms with van der Waals surface area (Å²) in [7, 11) is 0. The monoisotopic (exact) mass is 528 g/mol. The fourth-order valence-corrected chi connectivity index (χ4v) is 3.93. The zero-order valence-corrected chi connectivity index (χ0v) is 21.8. The summed E-state index contributed by atoms with van der Waals surface area (Å²) in [5, 5.41) is 21.6. The van der Waals surface area contributed by atoms with Gasteiger partial charge in [0.15, 0.2) is 5.92 Å². The molecule has 0 aliphatic carbocycles. The van der Waals surface area contributed by atoms with E-state index in [1.165, 1.54) is 80.6 Å². The topological polar surface area (TPSA) is 139 Å². The van der Waals surface area contributed by atoms with E-state index in [2.05, 4.69) is 6.92 Å². The van der Waals surface area contributed by atoms with Gasteiger partial charge in [-0.1, -0.05) is 64.7 Å². The third-order valence-electron chi connectivity index (χ3n) is 6.22. The van der Waals surface area contributed by atoms with E-state index >= 15 is 0 Å². The summed E-state index contributed by atoms with van der Waals surface area (Å²) in [6.07, 6.45) is 10.1. The molecule has 2 aromatic carbocycles. The lowest BCUT2D eigenvalue weighted by molar-refractivity contribution is -0.385. The molecule has 0 N–H and O–H groups in total. The zero-order valence-electron chi connectivity index (χ0n) is 21.8. The molecule has 0 amide bonds. The smallest absolute Gasteiger partial charge is 0.320 e. The van der Waals surface area contributed by atoms with Gasteiger partial charge in [-0.05, 0) is 41.8 Å². The van der Waals surface area contributed by atoms with E-state index in [1.807, 2.05) is 0 Å². The first kappa shape index (κ1) is 30.4. The van der Waals surface area contributed by atoms with Crippen molar-refractivity contribution in [3.05, 3.63) is 79.9 Å². The first-order valence-electron chi connectivity index (χ1n) is 13.1. The highest BCUT2D eigenvalue weighted by atomic mass is 16.6. The van der Waals surface area contributed by atoms with Crippen molar-refractivity contribution in [2.75, 3.05) is 0 Å². The Balaban J connectivity index is 1.90. The Morgan fingerprint density at radius 2 is 1.03 bits per heavy atom. The van der Waals surface area contributed by atoms with Gasteiger partial charge in [0, 0.05) is 24.3 Å². The second kappa shape index (κ2) is 16.8. The van der Waals surface area contributed by atoms with E-state index in [1.54, 1.807) is 0 Å². The number of benzene rings is 2. The number of unbranched alkanes of at least 4 members (excludes halogenated alkanes) is 8. The van der Waals surface area contributed by atoms with Crippen LogP contribution in [0.4, 0.5) is 11.4 Å². The van der Waals surface area contributed by atoms with Gasteiger partial charge in [0.05, 0.1) is 9.85 Å². The molecule has 206 valence electrons. The van der Waals surface area contributed by atoms with E-state index in [9.17, 15) is 29.8 Å². The second-order valence-corrected chi connectivity index (χ2v) is 9.23. The SMILES string of the molecule is CCCCCCCCCCCC(C(=O)OCc1ccc([N+](=O)[O-])cc1)C(=O)OCc1ccc([N+](=O)[O-])cc1. The lowest BCUT2D eigenvalue weighted by Gasteiger charge is -2.16. The maximum Gasteiger partial charge on any atom is 0.320 e. The van der Waals surface area contributed by atoms with Gasteiger partial charge < -0.3 is 9.47 Å². The van der Waals surface area contributed by atoms with Crippen LogP contribution in [0.5, 0.6) is 0 Å². The number of non-ortho nitro benzene ring substituents is 2. The van der Waals surface area contributed by atoms with E-state index in [-0.39, 0.29) is 31.0 Å². The molecule has 2 rings (SSSR count). The number of hydrogen-bond donors (Lipinski definition) is 0. The first-order valence-corrected chi connectivity index (χ1v) is 13.1. The van der Waals surface area contributed by atoms with Crippen molar-refractivity contribution in [1.82, 2.24) is 0 Å². The molecule has 0 radical (unpaired) electrons. The molecule has 0 aromatic heterocycles. The van der Waals surface area contributed by atoms with Crippen LogP contribution in [0.1, 0.15) is 82.3 Å². The van der Waals surface area contributed by atoms with E-state index in [4.69, 9.17) is 9.47 Å². The molecule has 0 aliphatic heterocycles. The van der Waals surface area contributed by atoms with Crippen LogP contribution in [-0.2, 0) is 32.3 Å². The van der Waals surface area contributed by atoms with Crippen molar-refractivity contribution in [2.45, 2.75) is 84.3 Å². The van der Waals surface area contributed by atoms with Crippen LogP contribution in [0.15, 0.2) is 48.5 Å².